The van der Waals surface area contributed by atoms with Gasteiger partial charge in [-0.25, -0.2) is 0 Å². The molecule has 0 aliphatic rings. The van der Waals surface area contributed by atoms with Gasteiger partial charge >= 0.3 is 0 Å². The van der Waals surface area contributed by atoms with E-state index in [4.69, 9.17) is 0 Å². The monoisotopic (exact) mass is 253 g/mol. The molecule has 1 atom stereocenters. The molecule has 0 rings (SSSR count). The van der Waals surface area contributed by atoms with Crippen molar-refractivity contribution in [3.05, 3.63) is 12.2 Å². The molecule has 0 aliphatic heterocycles. The second-order valence-electron chi connectivity index (χ2n) is 5.42. The predicted molar refractivity (Wildman–Crippen MR) is 79.6 cm³/mol. The van der Waals surface area contributed by atoms with Gasteiger partial charge in [0, 0.05) is 11.6 Å². The van der Waals surface area contributed by atoms with Gasteiger partial charge in [0.1, 0.15) is 0 Å². The lowest BCUT2D eigenvalue weighted by Crippen LogP contribution is -2.32. The maximum Gasteiger partial charge on any atom is 0.246 e. The molecule has 2 heteroatoms. The summed E-state index contributed by atoms with van der Waals surface area (Å²) in [6.45, 7) is 9.71. The zero-order valence-corrected chi connectivity index (χ0v) is 12.6. The first kappa shape index (κ1) is 17.2. The lowest BCUT2D eigenvalue weighted by Gasteiger charge is -2.13. The SMILES string of the molecule is C=C(C)C(=O)NC(C)CCCCCCCCCC. The summed E-state index contributed by atoms with van der Waals surface area (Å²) in [5.41, 5.74) is 0.595. The molecule has 0 aromatic heterocycles. The van der Waals surface area contributed by atoms with Crippen LogP contribution in [0.15, 0.2) is 12.2 Å². The zero-order valence-electron chi connectivity index (χ0n) is 12.6. The van der Waals surface area contributed by atoms with Crippen molar-refractivity contribution in [1.29, 1.82) is 0 Å². The van der Waals surface area contributed by atoms with Crippen LogP contribution in [0.4, 0.5) is 0 Å². The molecule has 2 nitrogen and oxygen atoms in total. The minimum atomic E-state index is -0.0120. The van der Waals surface area contributed by atoms with Crippen molar-refractivity contribution in [2.45, 2.75) is 84.6 Å². The Balaban J connectivity index is 3.32. The van der Waals surface area contributed by atoms with E-state index in [-0.39, 0.29) is 11.9 Å². The van der Waals surface area contributed by atoms with Crippen LogP contribution in [0.1, 0.15) is 78.6 Å². The van der Waals surface area contributed by atoms with Crippen LogP contribution in [-0.4, -0.2) is 11.9 Å². The molecule has 0 bridgehead atoms. The first-order valence-electron chi connectivity index (χ1n) is 7.54. The molecule has 1 amide bonds. The summed E-state index contributed by atoms with van der Waals surface area (Å²) in [4.78, 5) is 11.4. The number of nitrogens with one attached hydrogen (secondary N) is 1. The third-order valence-corrected chi connectivity index (χ3v) is 3.26. The maximum atomic E-state index is 11.4. The Kier molecular flexibility index (Phi) is 10.8. The summed E-state index contributed by atoms with van der Waals surface area (Å²) in [5, 5.41) is 2.96. The smallest absolute Gasteiger partial charge is 0.246 e. The van der Waals surface area contributed by atoms with Gasteiger partial charge in [-0.3, -0.25) is 4.79 Å². The Bertz CT molecular complexity index is 235. The fraction of sp³-hybridized carbons (Fsp3) is 0.812. The topological polar surface area (TPSA) is 29.1 Å². The molecule has 18 heavy (non-hydrogen) atoms. The molecule has 0 aliphatic carbocycles. The van der Waals surface area contributed by atoms with Crippen LogP contribution >= 0.6 is 0 Å². The van der Waals surface area contributed by atoms with Gasteiger partial charge in [-0.15, -0.1) is 0 Å². The Morgan fingerprint density at radius 2 is 1.56 bits per heavy atom. The largest absolute Gasteiger partial charge is 0.350 e. The van der Waals surface area contributed by atoms with Gasteiger partial charge in [-0.1, -0.05) is 64.9 Å². The van der Waals surface area contributed by atoms with Crippen LogP contribution in [0.25, 0.3) is 0 Å². The number of amides is 1. The summed E-state index contributed by atoms with van der Waals surface area (Å²) in [6, 6.07) is 0.272. The van der Waals surface area contributed by atoms with Gasteiger partial charge in [0.2, 0.25) is 5.91 Å². The van der Waals surface area contributed by atoms with Crippen molar-refractivity contribution in [1.82, 2.24) is 5.32 Å². The number of rotatable bonds is 11. The summed E-state index contributed by atoms with van der Waals surface area (Å²) < 4.78 is 0. The molecule has 1 N–H and O–H groups in total. The van der Waals surface area contributed by atoms with E-state index >= 15 is 0 Å². The van der Waals surface area contributed by atoms with E-state index in [0.717, 1.165) is 6.42 Å². The van der Waals surface area contributed by atoms with Gasteiger partial charge in [0.25, 0.3) is 0 Å². The second-order valence-corrected chi connectivity index (χ2v) is 5.42. The third-order valence-electron chi connectivity index (χ3n) is 3.26. The Labute approximate surface area is 113 Å². The minimum absolute atomic E-state index is 0.0120. The van der Waals surface area contributed by atoms with Crippen LogP contribution in [0.2, 0.25) is 0 Å². The number of hydrogen-bond acceptors (Lipinski definition) is 1. The minimum Gasteiger partial charge on any atom is -0.350 e. The van der Waals surface area contributed by atoms with Crippen LogP contribution in [0.5, 0.6) is 0 Å². The second kappa shape index (κ2) is 11.3. The van der Waals surface area contributed by atoms with Gasteiger partial charge in [0.05, 0.1) is 0 Å². The van der Waals surface area contributed by atoms with Crippen molar-refractivity contribution in [2.24, 2.45) is 0 Å². The highest BCUT2D eigenvalue weighted by atomic mass is 16.1. The fourth-order valence-corrected chi connectivity index (χ4v) is 2.00. The van der Waals surface area contributed by atoms with E-state index in [0.29, 0.717) is 5.57 Å². The molecule has 0 saturated carbocycles. The van der Waals surface area contributed by atoms with Crippen molar-refractivity contribution < 1.29 is 4.79 Å². The van der Waals surface area contributed by atoms with E-state index in [2.05, 4.69) is 25.7 Å². The standard InChI is InChI=1S/C16H31NO/c1-5-6-7-8-9-10-11-12-13-15(4)17-16(18)14(2)3/h15H,2,5-13H2,1,3-4H3,(H,17,18). The average molecular weight is 253 g/mol. The molecule has 0 fully saturated rings. The molecule has 0 spiro atoms. The Hall–Kier alpha value is -0.790. The molecule has 0 heterocycles. The average Bonchev–Trinajstić information content (AvgIpc) is 2.32. The van der Waals surface area contributed by atoms with Gasteiger partial charge < -0.3 is 5.32 Å². The number of carbonyl (C=O) groups is 1. The predicted octanol–water partition coefficient (Wildman–Crippen LogP) is 4.60. The first-order chi connectivity index (χ1) is 8.57. The van der Waals surface area contributed by atoms with E-state index in [1.807, 2.05) is 0 Å². The van der Waals surface area contributed by atoms with Crippen molar-refractivity contribution in [3.63, 3.8) is 0 Å². The van der Waals surface area contributed by atoms with E-state index in [1.165, 1.54) is 51.4 Å². The Morgan fingerprint density at radius 3 is 2.06 bits per heavy atom. The highest BCUT2D eigenvalue weighted by Gasteiger charge is 2.06. The normalized spacial score (nSPS) is 12.2. The maximum absolute atomic E-state index is 11.4. The Morgan fingerprint density at radius 1 is 1.06 bits per heavy atom. The summed E-state index contributed by atoms with van der Waals surface area (Å²) >= 11 is 0. The molecule has 0 aromatic rings. The first-order valence-corrected chi connectivity index (χ1v) is 7.54. The van der Waals surface area contributed by atoms with Crippen molar-refractivity contribution in [2.75, 3.05) is 0 Å². The van der Waals surface area contributed by atoms with Gasteiger partial charge in [-0.2, -0.15) is 0 Å². The van der Waals surface area contributed by atoms with Crippen LogP contribution in [0.3, 0.4) is 0 Å². The molecule has 1 unspecified atom stereocenters. The van der Waals surface area contributed by atoms with Gasteiger partial charge in [-0.05, 0) is 20.3 Å². The summed E-state index contributed by atoms with van der Waals surface area (Å²) in [6.07, 6.45) is 11.8. The van der Waals surface area contributed by atoms with Crippen LogP contribution in [-0.2, 0) is 4.79 Å². The summed E-state index contributed by atoms with van der Waals surface area (Å²) in [7, 11) is 0. The highest BCUT2D eigenvalue weighted by molar-refractivity contribution is 5.92. The van der Waals surface area contributed by atoms with Crippen molar-refractivity contribution >= 4 is 5.91 Å². The van der Waals surface area contributed by atoms with Gasteiger partial charge in [0.15, 0.2) is 0 Å². The molecular formula is C16H31NO. The van der Waals surface area contributed by atoms with Crippen LogP contribution < -0.4 is 5.32 Å². The number of carbonyl (C=O) groups excluding carboxylic acids is 1. The quantitative estimate of drug-likeness (QED) is 0.423. The number of hydrogen-bond donors (Lipinski definition) is 1. The molecule has 106 valence electrons. The van der Waals surface area contributed by atoms with E-state index < -0.39 is 0 Å². The fourth-order valence-electron chi connectivity index (χ4n) is 2.00. The lowest BCUT2D eigenvalue weighted by atomic mass is 10.1. The molecule has 0 radical (unpaired) electrons. The zero-order chi connectivity index (χ0) is 13.8. The van der Waals surface area contributed by atoms with E-state index in [9.17, 15) is 4.79 Å². The lowest BCUT2D eigenvalue weighted by molar-refractivity contribution is -0.118. The highest BCUT2D eigenvalue weighted by Crippen LogP contribution is 2.10. The van der Waals surface area contributed by atoms with Crippen molar-refractivity contribution in [3.8, 4) is 0 Å². The van der Waals surface area contributed by atoms with Crippen LogP contribution in [0, 0.1) is 0 Å². The number of unbranched alkanes of at least 4 members (excludes halogenated alkanes) is 7. The summed E-state index contributed by atoms with van der Waals surface area (Å²) in [5.74, 6) is -0.0120. The van der Waals surface area contributed by atoms with E-state index in [1.54, 1.807) is 6.92 Å². The molecule has 0 saturated heterocycles. The third kappa shape index (κ3) is 10.4. The molecule has 0 aromatic carbocycles. The molecular weight excluding hydrogens is 222 g/mol.